The first-order chi connectivity index (χ1) is 9.95. The number of hydrogen-bond donors (Lipinski definition) is 1. The Morgan fingerprint density at radius 2 is 2.05 bits per heavy atom. The molecule has 0 radical (unpaired) electrons. The molecule has 4 nitrogen and oxygen atoms in total. The Bertz CT molecular complexity index is 504. The lowest BCUT2D eigenvalue weighted by molar-refractivity contribution is -0.143. The summed E-state index contributed by atoms with van der Waals surface area (Å²) in [6.45, 7) is 1.96. The van der Waals surface area contributed by atoms with Gasteiger partial charge in [0.25, 0.3) is 5.91 Å². The minimum atomic E-state index is -0.709. The fourth-order valence-corrected chi connectivity index (χ4v) is 2.58. The van der Waals surface area contributed by atoms with Gasteiger partial charge in [-0.05, 0) is 31.9 Å². The van der Waals surface area contributed by atoms with Crippen molar-refractivity contribution in [2.75, 3.05) is 13.6 Å². The van der Waals surface area contributed by atoms with Gasteiger partial charge in [0.1, 0.15) is 17.7 Å². The molecule has 21 heavy (non-hydrogen) atoms. The predicted molar refractivity (Wildman–Crippen MR) is 74.5 cm³/mol. The number of carbonyl (C=O) groups excluding carboxylic acids is 1. The second-order valence-electron chi connectivity index (χ2n) is 5.32. The number of rotatable bonds is 4. The van der Waals surface area contributed by atoms with E-state index in [1.807, 2.05) is 0 Å². The van der Waals surface area contributed by atoms with Crippen LogP contribution in [0, 0.1) is 11.6 Å². The first kappa shape index (κ1) is 15.9. The number of nitrogens with two attached hydrogens (primary N) is 1. The van der Waals surface area contributed by atoms with Crippen molar-refractivity contribution in [1.82, 2.24) is 4.90 Å². The zero-order chi connectivity index (χ0) is 15.6. The van der Waals surface area contributed by atoms with Gasteiger partial charge in [-0.3, -0.25) is 4.79 Å². The van der Waals surface area contributed by atoms with E-state index >= 15 is 0 Å². The van der Waals surface area contributed by atoms with Crippen LogP contribution in [0.5, 0.6) is 0 Å². The molecule has 1 aliphatic rings. The van der Waals surface area contributed by atoms with Crippen LogP contribution >= 0.6 is 0 Å². The summed E-state index contributed by atoms with van der Waals surface area (Å²) in [7, 11) is 1.53. The summed E-state index contributed by atoms with van der Waals surface area (Å²) in [5.41, 5.74) is 5.40. The molecule has 0 bridgehead atoms. The van der Waals surface area contributed by atoms with Crippen LogP contribution in [-0.4, -0.2) is 36.6 Å². The molecular formula is C15H20F2N2O2. The minimum absolute atomic E-state index is 0.110. The highest BCUT2D eigenvalue weighted by Crippen LogP contribution is 2.28. The number of benzene rings is 1. The Hall–Kier alpha value is -1.53. The maximum absolute atomic E-state index is 13.8. The highest BCUT2D eigenvalue weighted by molar-refractivity contribution is 5.81. The van der Waals surface area contributed by atoms with Gasteiger partial charge in [0.2, 0.25) is 0 Å². The third kappa shape index (κ3) is 3.22. The molecule has 1 fully saturated rings. The van der Waals surface area contributed by atoms with Crippen molar-refractivity contribution in [3.63, 3.8) is 0 Å². The van der Waals surface area contributed by atoms with Crippen molar-refractivity contribution in [3.8, 4) is 0 Å². The van der Waals surface area contributed by atoms with E-state index < -0.39 is 23.8 Å². The third-order valence-electron chi connectivity index (χ3n) is 3.99. The SMILES string of the molecule is CC(c1c(F)cccc1F)N(C)C(=O)[C@@H]1CC[C@H](CN)O1. The van der Waals surface area contributed by atoms with E-state index in [1.54, 1.807) is 6.92 Å². The van der Waals surface area contributed by atoms with Crippen LogP contribution in [-0.2, 0) is 9.53 Å². The lowest BCUT2D eigenvalue weighted by Gasteiger charge is -2.28. The summed E-state index contributed by atoms with van der Waals surface area (Å²) < 4.78 is 33.1. The van der Waals surface area contributed by atoms with Crippen LogP contribution < -0.4 is 5.73 Å². The second-order valence-corrected chi connectivity index (χ2v) is 5.32. The quantitative estimate of drug-likeness (QED) is 0.925. The van der Waals surface area contributed by atoms with Gasteiger partial charge in [-0.1, -0.05) is 6.07 Å². The van der Waals surface area contributed by atoms with E-state index in [0.717, 1.165) is 6.42 Å². The molecule has 1 amide bonds. The maximum Gasteiger partial charge on any atom is 0.251 e. The van der Waals surface area contributed by atoms with Gasteiger partial charge in [0.05, 0.1) is 12.1 Å². The Labute approximate surface area is 122 Å². The molecule has 2 N–H and O–H groups in total. The van der Waals surface area contributed by atoms with Crippen molar-refractivity contribution in [1.29, 1.82) is 0 Å². The summed E-state index contributed by atoms with van der Waals surface area (Å²) in [4.78, 5) is 13.7. The highest BCUT2D eigenvalue weighted by atomic mass is 19.1. The van der Waals surface area contributed by atoms with Crippen molar-refractivity contribution < 1.29 is 18.3 Å². The van der Waals surface area contributed by atoms with E-state index in [-0.39, 0.29) is 17.6 Å². The van der Waals surface area contributed by atoms with Gasteiger partial charge >= 0.3 is 0 Å². The van der Waals surface area contributed by atoms with Crippen LogP contribution in [0.4, 0.5) is 8.78 Å². The topological polar surface area (TPSA) is 55.6 Å². The zero-order valence-electron chi connectivity index (χ0n) is 12.2. The molecule has 6 heteroatoms. The maximum atomic E-state index is 13.8. The summed E-state index contributed by atoms with van der Waals surface area (Å²) in [6.07, 6.45) is 0.606. The molecule has 1 unspecified atom stereocenters. The van der Waals surface area contributed by atoms with Crippen LogP contribution in [0.2, 0.25) is 0 Å². The average Bonchev–Trinajstić information content (AvgIpc) is 2.94. The standard InChI is InChI=1S/C15H20F2N2O2/c1-9(14-11(16)4-3-5-12(14)17)19(2)15(20)13-7-6-10(8-18)21-13/h3-5,9-10,13H,6-8,18H2,1-2H3/t9?,10-,13+/m1/s1. The van der Waals surface area contributed by atoms with Crippen LogP contribution in [0.25, 0.3) is 0 Å². The first-order valence-electron chi connectivity index (χ1n) is 7.01. The van der Waals surface area contributed by atoms with E-state index in [0.29, 0.717) is 13.0 Å². The third-order valence-corrected chi connectivity index (χ3v) is 3.99. The van der Waals surface area contributed by atoms with Crippen LogP contribution in [0.3, 0.4) is 0 Å². The summed E-state index contributed by atoms with van der Waals surface area (Å²) in [6, 6.07) is 2.96. The van der Waals surface area contributed by atoms with Crippen LogP contribution in [0.1, 0.15) is 31.4 Å². The normalized spacial score (nSPS) is 23.1. The number of likely N-dealkylation sites (N-methyl/N-ethyl adjacent to an activating group) is 1. The van der Waals surface area contributed by atoms with E-state index in [1.165, 1.54) is 30.1 Å². The van der Waals surface area contributed by atoms with Gasteiger partial charge in [-0.25, -0.2) is 8.78 Å². The van der Waals surface area contributed by atoms with Gasteiger partial charge in [-0.15, -0.1) is 0 Å². The first-order valence-corrected chi connectivity index (χ1v) is 7.01. The Kier molecular flexibility index (Phi) is 4.90. The summed E-state index contributed by atoms with van der Waals surface area (Å²) in [5, 5.41) is 0. The minimum Gasteiger partial charge on any atom is -0.364 e. The zero-order valence-corrected chi connectivity index (χ0v) is 12.2. The van der Waals surface area contributed by atoms with Crippen molar-refractivity contribution in [3.05, 3.63) is 35.4 Å². The second kappa shape index (κ2) is 6.49. The molecule has 1 heterocycles. The molecule has 3 atom stereocenters. The van der Waals surface area contributed by atoms with Crippen molar-refractivity contribution in [2.24, 2.45) is 5.73 Å². The van der Waals surface area contributed by atoms with E-state index in [9.17, 15) is 13.6 Å². The Morgan fingerprint density at radius 3 is 2.57 bits per heavy atom. The lowest BCUT2D eigenvalue weighted by Crippen LogP contribution is -2.39. The fourth-order valence-electron chi connectivity index (χ4n) is 2.58. The number of nitrogens with zero attached hydrogens (tertiary/aromatic N) is 1. The smallest absolute Gasteiger partial charge is 0.251 e. The molecule has 1 aromatic carbocycles. The van der Waals surface area contributed by atoms with E-state index in [4.69, 9.17) is 10.5 Å². The van der Waals surface area contributed by atoms with Gasteiger partial charge in [0.15, 0.2) is 0 Å². The monoisotopic (exact) mass is 298 g/mol. The van der Waals surface area contributed by atoms with Crippen LogP contribution in [0.15, 0.2) is 18.2 Å². The van der Waals surface area contributed by atoms with E-state index in [2.05, 4.69) is 0 Å². The van der Waals surface area contributed by atoms with Gasteiger partial charge in [-0.2, -0.15) is 0 Å². The largest absolute Gasteiger partial charge is 0.364 e. The molecular weight excluding hydrogens is 278 g/mol. The molecule has 1 aliphatic heterocycles. The number of amides is 1. The lowest BCUT2D eigenvalue weighted by atomic mass is 10.0. The number of hydrogen-bond acceptors (Lipinski definition) is 3. The molecule has 0 aromatic heterocycles. The summed E-state index contributed by atoms with van der Waals surface area (Å²) >= 11 is 0. The molecule has 2 rings (SSSR count). The molecule has 1 aromatic rings. The van der Waals surface area contributed by atoms with Gasteiger partial charge < -0.3 is 15.4 Å². The summed E-state index contributed by atoms with van der Waals surface area (Å²) in [5.74, 6) is -1.59. The molecule has 0 saturated carbocycles. The molecule has 116 valence electrons. The number of halogens is 2. The Balaban J connectivity index is 2.12. The molecule has 1 saturated heterocycles. The molecule has 0 aliphatic carbocycles. The number of ether oxygens (including phenoxy) is 1. The highest BCUT2D eigenvalue weighted by Gasteiger charge is 2.34. The van der Waals surface area contributed by atoms with Crippen molar-refractivity contribution in [2.45, 2.75) is 38.0 Å². The fraction of sp³-hybridized carbons (Fsp3) is 0.533. The number of carbonyl (C=O) groups is 1. The average molecular weight is 298 g/mol. The predicted octanol–water partition coefficient (Wildman–Crippen LogP) is 1.99. The molecule has 0 spiro atoms. The van der Waals surface area contributed by atoms with Crippen molar-refractivity contribution >= 4 is 5.91 Å². The Morgan fingerprint density at radius 1 is 1.43 bits per heavy atom. The van der Waals surface area contributed by atoms with Gasteiger partial charge in [0, 0.05) is 19.2 Å².